The van der Waals surface area contributed by atoms with Gasteiger partial charge in [0.25, 0.3) is 0 Å². The van der Waals surface area contributed by atoms with E-state index in [9.17, 15) is 14.4 Å². The summed E-state index contributed by atoms with van der Waals surface area (Å²) >= 11 is 0. The number of unbranched alkanes of at least 4 members (excludes halogenated alkanes) is 1. The zero-order valence-corrected chi connectivity index (χ0v) is 21.4. The SMILES string of the molecule is CCCC[C@@H](NC(=O)[C@@H](Cc1c[nH]c2ccccc12)NC(=O)OC(C)(C)C)C(=O)OC(C)(C)C. The van der Waals surface area contributed by atoms with E-state index in [4.69, 9.17) is 9.47 Å². The molecule has 2 amide bonds. The van der Waals surface area contributed by atoms with Crippen molar-refractivity contribution in [1.82, 2.24) is 15.6 Å². The topological polar surface area (TPSA) is 110 Å². The first-order valence-corrected chi connectivity index (χ1v) is 11.9. The molecule has 1 heterocycles. The number of carbonyl (C=O) groups is 3. The summed E-state index contributed by atoms with van der Waals surface area (Å²) < 4.78 is 10.9. The Labute approximate surface area is 202 Å². The van der Waals surface area contributed by atoms with E-state index in [-0.39, 0.29) is 6.42 Å². The standard InChI is InChI=1S/C26H39N3O5/c1-8-9-13-20(23(31)33-25(2,3)4)28-22(30)21(29-24(32)34-26(5,6)7)15-17-16-27-19-14-11-10-12-18(17)19/h10-12,14,16,20-21,27H,8-9,13,15H2,1-7H3,(H,28,30)(H,29,32)/t20-,21-/m1/s1. The number of alkyl carbamates (subject to hydrolysis) is 1. The summed E-state index contributed by atoms with van der Waals surface area (Å²) in [6, 6.07) is 5.98. The van der Waals surface area contributed by atoms with Crippen molar-refractivity contribution >= 4 is 28.9 Å². The van der Waals surface area contributed by atoms with Gasteiger partial charge < -0.3 is 25.1 Å². The highest BCUT2D eigenvalue weighted by Gasteiger charge is 2.31. The highest BCUT2D eigenvalue weighted by atomic mass is 16.6. The highest BCUT2D eigenvalue weighted by molar-refractivity contribution is 5.91. The van der Waals surface area contributed by atoms with Gasteiger partial charge in [-0.15, -0.1) is 0 Å². The van der Waals surface area contributed by atoms with Crippen molar-refractivity contribution in [3.63, 3.8) is 0 Å². The molecule has 0 fully saturated rings. The minimum Gasteiger partial charge on any atom is -0.458 e. The van der Waals surface area contributed by atoms with Crippen LogP contribution in [0.4, 0.5) is 4.79 Å². The molecule has 0 bridgehead atoms. The second kappa shape index (κ2) is 11.4. The fourth-order valence-corrected chi connectivity index (χ4v) is 3.48. The van der Waals surface area contributed by atoms with Crippen LogP contribution in [-0.4, -0.2) is 46.2 Å². The van der Waals surface area contributed by atoms with Gasteiger partial charge >= 0.3 is 12.1 Å². The van der Waals surface area contributed by atoms with Crippen molar-refractivity contribution in [3.8, 4) is 0 Å². The number of fused-ring (bicyclic) bond motifs is 1. The zero-order chi connectivity index (χ0) is 25.5. The van der Waals surface area contributed by atoms with E-state index in [1.807, 2.05) is 37.4 Å². The van der Waals surface area contributed by atoms with Gasteiger partial charge in [0.05, 0.1) is 0 Å². The molecule has 2 rings (SSSR count). The molecule has 1 aromatic heterocycles. The van der Waals surface area contributed by atoms with Crippen LogP contribution in [0.25, 0.3) is 10.9 Å². The molecule has 1 aromatic carbocycles. The maximum Gasteiger partial charge on any atom is 0.408 e. The van der Waals surface area contributed by atoms with Gasteiger partial charge in [0, 0.05) is 23.5 Å². The quantitative estimate of drug-likeness (QED) is 0.460. The third-order valence-electron chi connectivity index (χ3n) is 4.96. The first kappa shape index (κ1) is 27.2. The third-order valence-corrected chi connectivity index (χ3v) is 4.96. The summed E-state index contributed by atoms with van der Waals surface area (Å²) in [6.45, 7) is 12.6. The first-order chi connectivity index (χ1) is 15.8. The lowest BCUT2D eigenvalue weighted by molar-refractivity contribution is -0.159. The molecule has 8 nitrogen and oxygen atoms in total. The second-order valence-electron chi connectivity index (χ2n) is 10.5. The number of aromatic amines is 1. The summed E-state index contributed by atoms with van der Waals surface area (Å²) in [7, 11) is 0. The van der Waals surface area contributed by atoms with Crippen LogP contribution in [0.2, 0.25) is 0 Å². The first-order valence-electron chi connectivity index (χ1n) is 11.9. The summed E-state index contributed by atoms with van der Waals surface area (Å²) in [5, 5.41) is 6.45. The monoisotopic (exact) mass is 473 g/mol. The number of para-hydroxylation sites is 1. The molecule has 188 valence electrons. The molecule has 0 saturated heterocycles. The predicted molar refractivity (Wildman–Crippen MR) is 132 cm³/mol. The van der Waals surface area contributed by atoms with Gasteiger partial charge in [-0.1, -0.05) is 38.0 Å². The van der Waals surface area contributed by atoms with E-state index in [0.29, 0.717) is 6.42 Å². The van der Waals surface area contributed by atoms with Gasteiger partial charge in [0.15, 0.2) is 0 Å². The van der Waals surface area contributed by atoms with Crippen LogP contribution in [0.3, 0.4) is 0 Å². The Kier molecular flexibility index (Phi) is 9.13. The summed E-state index contributed by atoms with van der Waals surface area (Å²) in [4.78, 5) is 41.8. The molecule has 0 aliphatic carbocycles. The van der Waals surface area contributed by atoms with Crippen LogP contribution in [0.15, 0.2) is 30.5 Å². The van der Waals surface area contributed by atoms with Crippen LogP contribution in [0, 0.1) is 0 Å². The molecular formula is C26H39N3O5. The largest absolute Gasteiger partial charge is 0.458 e. The number of rotatable bonds is 9. The summed E-state index contributed by atoms with van der Waals surface area (Å²) in [5.41, 5.74) is 0.411. The lowest BCUT2D eigenvalue weighted by Gasteiger charge is -2.27. The number of amides is 2. The van der Waals surface area contributed by atoms with Gasteiger partial charge in [0.1, 0.15) is 23.3 Å². The van der Waals surface area contributed by atoms with Crippen molar-refractivity contribution in [3.05, 3.63) is 36.0 Å². The van der Waals surface area contributed by atoms with Crippen molar-refractivity contribution < 1.29 is 23.9 Å². The zero-order valence-electron chi connectivity index (χ0n) is 21.4. The molecule has 0 aliphatic rings. The Morgan fingerprint density at radius 1 is 0.941 bits per heavy atom. The van der Waals surface area contributed by atoms with E-state index in [1.165, 1.54) is 0 Å². The van der Waals surface area contributed by atoms with E-state index in [1.54, 1.807) is 41.5 Å². The van der Waals surface area contributed by atoms with Crippen LogP contribution in [0.1, 0.15) is 73.3 Å². The molecule has 8 heteroatoms. The molecule has 34 heavy (non-hydrogen) atoms. The molecule has 0 spiro atoms. The molecule has 0 aliphatic heterocycles. The van der Waals surface area contributed by atoms with E-state index < -0.39 is 41.3 Å². The molecule has 0 radical (unpaired) electrons. The van der Waals surface area contributed by atoms with Crippen LogP contribution < -0.4 is 10.6 Å². The van der Waals surface area contributed by atoms with Crippen molar-refractivity contribution in [1.29, 1.82) is 0 Å². The second-order valence-corrected chi connectivity index (χ2v) is 10.5. The predicted octanol–water partition coefficient (Wildman–Crippen LogP) is 4.62. The molecule has 2 atom stereocenters. The number of nitrogens with one attached hydrogen (secondary N) is 3. The summed E-state index contributed by atoms with van der Waals surface area (Å²) in [5.74, 6) is -0.958. The maximum absolute atomic E-state index is 13.4. The number of esters is 1. The number of hydrogen-bond donors (Lipinski definition) is 3. The number of aromatic nitrogens is 1. The Bertz CT molecular complexity index is 984. The maximum atomic E-state index is 13.4. The number of H-pyrrole nitrogens is 1. The minimum absolute atomic E-state index is 0.226. The number of carbonyl (C=O) groups excluding carboxylic acids is 3. The lowest BCUT2D eigenvalue weighted by atomic mass is 10.0. The minimum atomic E-state index is -0.944. The van der Waals surface area contributed by atoms with Gasteiger partial charge in [-0.25, -0.2) is 9.59 Å². The van der Waals surface area contributed by atoms with Crippen LogP contribution >= 0.6 is 0 Å². The number of benzene rings is 1. The van der Waals surface area contributed by atoms with Gasteiger partial charge in [-0.3, -0.25) is 4.79 Å². The fourth-order valence-electron chi connectivity index (χ4n) is 3.48. The Morgan fingerprint density at radius 3 is 2.21 bits per heavy atom. The van der Waals surface area contributed by atoms with E-state index in [0.717, 1.165) is 29.3 Å². The van der Waals surface area contributed by atoms with Crippen LogP contribution in [0.5, 0.6) is 0 Å². The highest BCUT2D eigenvalue weighted by Crippen LogP contribution is 2.20. The lowest BCUT2D eigenvalue weighted by Crippen LogP contribution is -2.54. The molecular weight excluding hydrogens is 434 g/mol. The van der Waals surface area contributed by atoms with E-state index in [2.05, 4.69) is 15.6 Å². The van der Waals surface area contributed by atoms with E-state index >= 15 is 0 Å². The normalized spacial score (nSPS) is 13.7. The Hall–Kier alpha value is -3.03. The van der Waals surface area contributed by atoms with Gasteiger partial charge in [-0.2, -0.15) is 0 Å². The average Bonchev–Trinajstić information content (AvgIpc) is 3.10. The molecule has 2 aromatic rings. The Morgan fingerprint density at radius 2 is 1.59 bits per heavy atom. The number of ether oxygens (including phenoxy) is 2. The fraction of sp³-hybridized carbons (Fsp3) is 0.577. The number of hydrogen-bond acceptors (Lipinski definition) is 5. The van der Waals surface area contributed by atoms with Crippen molar-refractivity contribution in [2.24, 2.45) is 0 Å². The Balaban J connectivity index is 2.26. The molecule has 0 saturated carbocycles. The summed E-state index contributed by atoms with van der Waals surface area (Å²) in [6.07, 6.45) is 3.41. The van der Waals surface area contributed by atoms with Crippen LogP contribution in [-0.2, 0) is 25.5 Å². The average molecular weight is 474 g/mol. The smallest absolute Gasteiger partial charge is 0.408 e. The van der Waals surface area contributed by atoms with Gasteiger partial charge in [-0.05, 0) is 59.6 Å². The molecule has 0 unspecified atom stereocenters. The third kappa shape index (κ3) is 8.72. The van der Waals surface area contributed by atoms with Crippen molar-refractivity contribution in [2.75, 3.05) is 0 Å². The van der Waals surface area contributed by atoms with Crippen molar-refractivity contribution in [2.45, 2.75) is 97.4 Å². The molecule has 3 N–H and O–H groups in total. The van der Waals surface area contributed by atoms with Gasteiger partial charge in [0.2, 0.25) is 5.91 Å².